The highest BCUT2D eigenvalue weighted by molar-refractivity contribution is 6.01. The second-order valence-electron chi connectivity index (χ2n) is 5.09. The number of aryl methyl sites for hydroxylation is 1. The molecule has 4 nitrogen and oxygen atoms in total. The van der Waals surface area contributed by atoms with Crippen molar-refractivity contribution in [3.05, 3.63) is 66.1 Å². The lowest BCUT2D eigenvalue weighted by molar-refractivity contribution is -0.118. The van der Waals surface area contributed by atoms with Crippen LogP contribution < -0.4 is 10.1 Å². The van der Waals surface area contributed by atoms with Gasteiger partial charge in [0.25, 0.3) is 5.91 Å². The molecule has 0 aliphatic heterocycles. The Morgan fingerprint density at radius 2 is 1.96 bits per heavy atom. The highest BCUT2D eigenvalue weighted by Gasteiger charge is 2.09. The van der Waals surface area contributed by atoms with Gasteiger partial charge in [0.15, 0.2) is 18.2 Å². The number of nitrogens with one attached hydrogen (secondary N) is 1. The number of carbonyl (C=O) groups excluding carboxylic acids is 1. The van der Waals surface area contributed by atoms with Crippen molar-refractivity contribution in [1.82, 2.24) is 4.98 Å². The zero-order chi connectivity index (χ0) is 16.2. The molecule has 1 amide bonds. The fourth-order valence-electron chi connectivity index (χ4n) is 2.26. The molecule has 0 aliphatic carbocycles. The number of anilines is 1. The Morgan fingerprint density at radius 3 is 2.78 bits per heavy atom. The van der Waals surface area contributed by atoms with Crippen molar-refractivity contribution in [2.75, 3.05) is 11.9 Å². The van der Waals surface area contributed by atoms with Crippen molar-refractivity contribution in [3.63, 3.8) is 0 Å². The van der Waals surface area contributed by atoms with E-state index in [1.165, 1.54) is 12.1 Å². The summed E-state index contributed by atoms with van der Waals surface area (Å²) in [6.07, 6.45) is 0. The van der Waals surface area contributed by atoms with Crippen LogP contribution in [0, 0.1) is 12.7 Å². The van der Waals surface area contributed by atoms with E-state index in [1.54, 1.807) is 18.2 Å². The summed E-state index contributed by atoms with van der Waals surface area (Å²) in [4.78, 5) is 16.4. The number of ether oxygens (including phenoxy) is 1. The number of hydrogen-bond acceptors (Lipinski definition) is 3. The highest BCUT2D eigenvalue weighted by atomic mass is 19.1. The molecule has 0 atom stereocenters. The van der Waals surface area contributed by atoms with Crippen molar-refractivity contribution < 1.29 is 13.9 Å². The fourth-order valence-corrected chi connectivity index (χ4v) is 2.26. The molecular formula is C18H15FN2O2. The van der Waals surface area contributed by atoms with Gasteiger partial charge in [0.05, 0.1) is 11.2 Å². The van der Waals surface area contributed by atoms with Crippen LogP contribution in [-0.2, 0) is 4.79 Å². The van der Waals surface area contributed by atoms with Gasteiger partial charge in [-0.3, -0.25) is 9.78 Å². The topological polar surface area (TPSA) is 51.2 Å². The summed E-state index contributed by atoms with van der Waals surface area (Å²) in [6.45, 7) is 1.64. The third-order valence-corrected chi connectivity index (χ3v) is 3.34. The molecule has 2 aromatic carbocycles. The predicted molar refractivity (Wildman–Crippen MR) is 87.0 cm³/mol. The number of para-hydroxylation sites is 1. The normalized spacial score (nSPS) is 10.5. The Morgan fingerprint density at radius 1 is 1.13 bits per heavy atom. The van der Waals surface area contributed by atoms with Crippen LogP contribution in [0.3, 0.4) is 0 Å². The minimum Gasteiger partial charge on any atom is -0.481 e. The average Bonchev–Trinajstić information content (AvgIpc) is 2.54. The van der Waals surface area contributed by atoms with Gasteiger partial charge >= 0.3 is 0 Å². The van der Waals surface area contributed by atoms with E-state index >= 15 is 0 Å². The number of fused-ring (bicyclic) bond motifs is 1. The second kappa shape index (κ2) is 6.44. The largest absolute Gasteiger partial charge is 0.481 e. The van der Waals surface area contributed by atoms with Crippen LogP contribution in [0.5, 0.6) is 5.75 Å². The quantitative estimate of drug-likeness (QED) is 0.799. The molecule has 116 valence electrons. The SMILES string of the molecule is Cc1ccc2c(NC(=O)COc3ccccc3F)cccc2n1. The minimum absolute atomic E-state index is 0.0536. The molecule has 1 aromatic heterocycles. The summed E-state index contributed by atoms with van der Waals surface area (Å²) in [6, 6.07) is 15.3. The first-order valence-corrected chi connectivity index (χ1v) is 7.17. The molecule has 1 N–H and O–H groups in total. The summed E-state index contributed by atoms with van der Waals surface area (Å²) in [5, 5.41) is 3.61. The first-order chi connectivity index (χ1) is 11.1. The molecule has 3 rings (SSSR count). The molecule has 0 fully saturated rings. The van der Waals surface area contributed by atoms with Gasteiger partial charge in [-0.25, -0.2) is 4.39 Å². The van der Waals surface area contributed by atoms with E-state index in [-0.39, 0.29) is 18.3 Å². The number of benzene rings is 2. The fraction of sp³-hybridized carbons (Fsp3) is 0.111. The Kier molecular flexibility index (Phi) is 4.19. The molecule has 5 heteroatoms. The molecule has 1 heterocycles. The van der Waals surface area contributed by atoms with Crippen LogP contribution in [0.25, 0.3) is 10.9 Å². The summed E-state index contributed by atoms with van der Waals surface area (Å²) < 4.78 is 18.6. The van der Waals surface area contributed by atoms with E-state index in [4.69, 9.17) is 4.74 Å². The molecule has 0 bridgehead atoms. The van der Waals surface area contributed by atoms with E-state index in [9.17, 15) is 9.18 Å². The van der Waals surface area contributed by atoms with E-state index in [0.717, 1.165) is 16.6 Å². The maximum absolute atomic E-state index is 13.4. The number of hydrogen-bond donors (Lipinski definition) is 1. The summed E-state index contributed by atoms with van der Waals surface area (Å²) in [5.74, 6) is -0.802. The standard InChI is InChI=1S/C18H15FN2O2/c1-12-9-10-13-15(20-12)6-4-7-16(13)21-18(22)11-23-17-8-3-2-5-14(17)19/h2-10H,11H2,1H3,(H,21,22). The number of aromatic nitrogens is 1. The first kappa shape index (κ1) is 15.0. The Balaban J connectivity index is 1.72. The number of carbonyl (C=O) groups is 1. The summed E-state index contributed by atoms with van der Waals surface area (Å²) in [5.41, 5.74) is 2.36. The van der Waals surface area contributed by atoms with E-state index in [1.807, 2.05) is 31.2 Å². The molecule has 23 heavy (non-hydrogen) atoms. The number of amides is 1. The number of halogens is 1. The highest BCUT2D eigenvalue weighted by Crippen LogP contribution is 2.22. The smallest absolute Gasteiger partial charge is 0.262 e. The number of rotatable bonds is 4. The summed E-state index contributed by atoms with van der Waals surface area (Å²) in [7, 11) is 0. The van der Waals surface area contributed by atoms with Crippen LogP contribution in [-0.4, -0.2) is 17.5 Å². The Labute approximate surface area is 132 Å². The van der Waals surface area contributed by atoms with Crippen molar-refractivity contribution in [1.29, 1.82) is 0 Å². The van der Waals surface area contributed by atoms with Crippen molar-refractivity contribution >= 4 is 22.5 Å². The van der Waals surface area contributed by atoms with Gasteiger partial charge in [0, 0.05) is 11.1 Å². The summed E-state index contributed by atoms with van der Waals surface area (Å²) >= 11 is 0. The maximum Gasteiger partial charge on any atom is 0.262 e. The van der Waals surface area contributed by atoms with Crippen LogP contribution >= 0.6 is 0 Å². The number of pyridine rings is 1. The van der Waals surface area contributed by atoms with Crippen LogP contribution in [0.15, 0.2) is 54.6 Å². The molecular weight excluding hydrogens is 295 g/mol. The van der Waals surface area contributed by atoms with Crippen LogP contribution in [0.2, 0.25) is 0 Å². The average molecular weight is 310 g/mol. The van der Waals surface area contributed by atoms with E-state index in [2.05, 4.69) is 10.3 Å². The predicted octanol–water partition coefficient (Wildman–Crippen LogP) is 3.70. The third kappa shape index (κ3) is 3.45. The van der Waals surface area contributed by atoms with Crippen LogP contribution in [0.4, 0.5) is 10.1 Å². The maximum atomic E-state index is 13.4. The monoisotopic (exact) mass is 310 g/mol. The molecule has 3 aromatic rings. The van der Waals surface area contributed by atoms with Gasteiger partial charge < -0.3 is 10.1 Å². The zero-order valence-corrected chi connectivity index (χ0v) is 12.5. The van der Waals surface area contributed by atoms with Gasteiger partial charge in [-0.05, 0) is 43.3 Å². The van der Waals surface area contributed by atoms with E-state index < -0.39 is 5.82 Å². The Hall–Kier alpha value is -2.95. The van der Waals surface area contributed by atoms with Crippen LogP contribution in [0.1, 0.15) is 5.69 Å². The Bertz CT molecular complexity index is 865. The second-order valence-corrected chi connectivity index (χ2v) is 5.09. The molecule has 0 saturated heterocycles. The van der Waals surface area contributed by atoms with E-state index in [0.29, 0.717) is 5.69 Å². The van der Waals surface area contributed by atoms with Gasteiger partial charge in [0.1, 0.15) is 0 Å². The number of nitrogens with zero attached hydrogens (tertiary/aromatic N) is 1. The lowest BCUT2D eigenvalue weighted by Gasteiger charge is -2.10. The minimum atomic E-state index is -0.495. The van der Waals surface area contributed by atoms with Crippen molar-refractivity contribution in [2.24, 2.45) is 0 Å². The van der Waals surface area contributed by atoms with Crippen molar-refractivity contribution in [3.8, 4) is 5.75 Å². The third-order valence-electron chi connectivity index (χ3n) is 3.34. The lowest BCUT2D eigenvalue weighted by atomic mass is 10.1. The molecule has 0 saturated carbocycles. The molecule has 0 aliphatic rings. The first-order valence-electron chi connectivity index (χ1n) is 7.17. The van der Waals surface area contributed by atoms with Gasteiger partial charge in [-0.15, -0.1) is 0 Å². The molecule has 0 radical (unpaired) electrons. The zero-order valence-electron chi connectivity index (χ0n) is 12.5. The van der Waals surface area contributed by atoms with Gasteiger partial charge in [-0.2, -0.15) is 0 Å². The molecule has 0 unspecified atom stereocenters. The van der Waals surface area contributed by atoms with Gasteiger partial charge in [0.2, 0.25) is 0 Å². The van der Waals surface area contributed by atoms with Crippen molar-refractivity contribution in [2.45, 2.75) is 6.92 Å². The lowest BCUT2D eigenvalue weighted by Crippen LogP contribution is -2.20. The van der Waals surface area contributed by atoms with Gasteiger partial charge in [-0.1, -0.05) is 18.2 Å². The molecule has 0 spiro atoms.